The largest absolute Gasteiger partial charge is 0.361 e. The predicted molar refractivity (Wildman–Crippen MR) is 105 cm³/mol. The third-order valence-corrected chi connectivity index (χ3v) is 4.57. The van der Waals surface area contributed by atoms with Gasteiger partial charge in [0.1, 0.15) is 17.8 Å². The summed E-state index contributed by atoms with van der Waals surface area (Å²) in [7, 11) is 0. The number of anilines is 2. The maximum Gasteiger partial charge on any atom is 0.195 e. The molecule has 0 spiro atoms. The van der Waals surface area contributed by atoms with Gasteiger partial charge in [-0.15, -0.1) is 0 Å². The second-order valence-corrected chi connectivity index (χ2v) is 6.25. The normalized spacial score (nSPS) is 11.1. The average molecular weight is 353 g/mol. The molecule has 0 radical (unpaired) electrons. The molecule has 0 aliphatic rings. The van der Waals surface area contributed by atoms with Gasteiger partial charge < -0.3 is 15.3 Å². The van der Waals surface area contributed by atoms with E-state index < -0.39 is 0 Å². The highest BCUT2D eigenvalue weighted by molar-refractivity contribution is 6.18. The molecule has 0 unspecified atom stereocenters. The van der Waals surface area contributed by atoms with Crippen molar-refractivity contribution >= 4 is 39.2 Å². The first-order chi connectivity index (χ1) is 13.3. The van der Waals surface area contributed by atoms with Crippen LogP contribution in [0.3, 0.4) is 0 Å². The van der Waals surface area contributed by atoms with Gasteiger partial charge in [0.15, 0.2) is 5.78 Å². The molecule has 3 heterocycles. The molecular formula is C21H15N5O. The maximum atomic E-state index is 13.0. The number of hydrogen-bond donors (Lipinski definition) is 3. The first-order valence-electron chi connectivity index (χ1n) is 8.55. The Bertz CT molecular complexity index is 1270. The van der Waals surface area contributed by atoms with Crippen LogP contribution >= 0.6 is 0 Å². The van der Waals surface area contributed by atoms with E-state index in [-0.39, 0.29) is 5.78 Å². The molecule has 2 aromatic carbocycles. The number of rotatable bonds is 4. The Hall–Kier alpha value is -3.93. The summed E-state index contributed by atoms with van der Waals surface area (Å²) in [5.74, 6) is 0.519. The van der Waals surface area contributed by atoms with Gasteiger partial charge in [-0.25, -0.2) is 9.97 Å². The van der Waals surface area contributed by atoms with Crippen molar-refractivity contribution in [3.63, 3.8) is 0 Å². The summed E-state index contributed by atoms with van der Waals surface area (Å²) in [6.45, 7) is 0. The van der Waals surface area contributed by atoms with E-state index in [1.165, 1.54) is 6.33 Å². The van der Waals surface area contributed by atoms with Gasteiger partial charge in [0, 0.05) is 29.2 Å². The number of carbonyl (C=O) groups is 1. The summed E-state index contributed by atoms with van der Waals surface area (Å²) in [6, 6.07) is 17.2. The summed E-state index contributed by atoms with van der Waals surface area (Å²) >= 11 is 0. The third kappa shape index (κ3) is 2.64. The third-order valence-electron chi connectivity index (χ3n) is 4.57. The lowest BCUT2D eigenvalue weighted by molar-refractivity contribution is 0.104. The van der Waals surface area contributed by atoms with Crippen LogP contribution in [0.1, 0.15) is 15.9 Å². The predicted octanol–water partition coefficient (Wildman–Crippen LogP) is 4.41. The molecule has 0 atom stereocenters. The molecule has 0 saturated heterocycles. The van der Waals surface area contributed by atoms with Crippen LogP contribution in [0, 0.1) is 0 Å². The van der Waals surface area contributed by atoms with E-state index in [1.807, 2.05) is 48.7 Å². The fourth-order valence-electron chi connectivity index (χ4n) is 3.24. The number of aromatic amines is 2. The number of H-pyrrole nitrogens is 2. The first kappa shape index (κ1) is 15.3. The van der Waals surface area contributed by atoms with E-state index in [9.17, 15) is 4.79 Å². The van der Waals surface area contributed by atoms with Crippen LogP contribution < -0.4 is 5.32 Å². The Kier molecular flexibility index (Phi) is 3.47. The van der Waals surface area contributed by atoms with Crippen molar-refractivity contribution in [3.05, 3.63) is 84.4 Å². The quantitative estimate of drug-likeness (QED) is 0.418. The van der Waals surface area contributed by atoms with Crippen LogP contribution in [0.15, 0.2) is 73.3 Å². The number of aromatic nitrogens is 4. The van der Waals surface area contributed by atoms with Crippen molar-refractivity contribution in [2.45, 2.75) is 0 Å². The Morgan fingerprint density at radius 2 is 1.85 bits per heavy atom. The standard InChI is InChI=1S/C21H15N5O/c27-19(14-4-2-1-3-5-14)16-11-23-20-18(16)21(25-12-24-20)26-15-7-6-13-8-9-22-17(13)10-15/h1-12,22H,(H2,23,24,25,26). The van der Waals surface area contributed by atoms with Crippen molar-refractivity contribution < 1.29 is 4.79 Å². The molecule has 130 valence electrons. The molecule has 0 aliphatic carbocycles. The highest BCUT2D eigenvalue weighted by Crippen LogP contribution is 2.28. The number of hydrogen-bond acceptors (Lipinski definition) is 4. The van der Waals surface area contributed by atoms with Crippen LogP contribution in [-0.4, -0.2) is 25.7 Å². The lowest BCUT2D eigenvalue weighted by Crippen LogP contribution is -2.02. The van der Waals surface area contributed by atoms with Crippen molar-refractivity contribution in [1.82, 2.24) is 19.9 Å². The number of nitrogens with one attached hydrogen (secondary N) is 3. The Morgan fingerprint density at radius 3 is 2.74 bits per heavy atom. The molecule has 0 saturated carbocycles. The zero-order chi connectivity index (χ0) is 18.2. The minimum Gasteiger partial charge on any atom is -0.361 e. The molecular weight excluding hydrogens is 338 g/mol. The topological polar surface area (TPSA) is 86.5 Å². The van der Waals surface area contributed by atoms with E-state index in [4.69, 9.17) is 0 Å². The van der Waals surface area contributed by atoms with E-state index in [1.54, 1.807) is 18.3 Å². The fourth-order valence-corrected chi connectivity index (χ4v) is 3.24. The second kappa shape index (κ2) is 6.10. The molecule has 5 aromatic rings. The summed E-state index contributed by atoms with van der Waals surface area (Å²) in [5, 5.41) is 5.13. The van der Waals surface area contributed by atoms with Gasteiger partial charge in [-0.1, -0.05) is 36.4 Å². The van der Waals surface area contributed by atoms with Crippen LogP contribution in [0.4, 0.5) is 11.5 Å². The minimum absolute atomic E-state index is 0.0699. The van der Waals surface area contributed by atoms with Gasteiger partial charge in [0.05, 0.1) is 10.9 Å². The lowest BCUT2D eigenvalue weighted by atomic mass is 10.0. The number of ketones is 1. The zero-order valence-electron chi connectivity index (χ0n) is 14.2. The van der Waals surface area contributed by atoms with Crippen LogP contribution in [0.2, 0.25) is 0 Å². The monoisotopic (exact) mass is 353 g/mol. The molecule has 6 nitrogen and oxygen atoms in total. The molecule has 0 amide bonds. The van der Waals surface area contributed by atoms with Crippen molar-refractivity contribution in [2.24, 2.45) is 0 Å². The smallest absolute Gasteiger partial charge is 0.195 e. The summed E-state index contributed by atoms with van der Waals surface area (Å²) in [5.41, 5.74) is 3.69. The van der Waals surface area contributed by atoms with Crippen LogP contribution in [-0.2, 0) is 0 Å². The van der Waals surface area contributed by atoms with E-state index in [0.29, 0.717) is 28.0 Å². The van der Waals surface area contributed by atoms with Crippen LogP contribution in [0.25, 0.3) is 21.9 Å². The van der Waals surface area contributed by atoms with Gasteiger partial charge in [-0.05, 0) is 23.6 Å². The minimum atomic E-state index is -0.0699. The molecule has 3 N–H and O–H groups in total. The molecule has 27 heavy (non-hydrogen) atoms. The Labute approximate surface area is 154 Å². The fraction of sp³-hybridized carbons (Fsp3) is 0. The van der Waals surface area contributed by atoms with Crippen molar-refractivity contribution in [2.75, 3.05) is 5.32 Å². The highest BCUT2D eigenvalue weighted by Gasteiger charge is 2.18. The summed E-state index contributed by atoms with van der Waals surface area (Å²) in [6.07, 6.45) is 5.07. The molecule has 3 aromatic heterocycles. The highest BCUT2D eigenvalue weighted by atomic mass is 16.1. The van der Waals surface area contributed by atoms with Crippen molar-refractivity contribution in [3.8, 4) is 0 Å². The van der Waals surface area contributed by atoms with Gasteiger partial charge in [-0.2, -0.15) is 0 Å². The van der Waals surface area contributed by atoms with Gasteiger partial charge in [0.25, 0.3) is 0 Å². The summed E-state index contributed by atoms with van der Waals surface area (Å²) < 4.78 is 0. The van der Waals surface area contributed by atoms with Gasteiger partial charge >= 0.3 is 0 Å². The van der Waals surface area contributed by atoms with Crippen LogP contribution in [0.5, 0.6) is 0 Å². The Morgan fingerprint density at radius 1 is 0.963 bits per heavy atom. The molecule has 0 fully saturated rings. The van der Waals surface area contributed by atoms with E-state index in [2.05, 4.69) is 25.3 Å². The SMILES string of the molecule is O=C(c1ccccc1)c1c[nH]c2ncnc(Nc3ccc4cc[nH]c4c3)c12. The lowest BCUT2D eigenvalue weighted by Gasteiger charge is -2.08. The number of nitrogens with zero attached hydrogens (tertiary/aromatic N) is 2. The van der Waals surface area contributed by atoms with E-state index >= 15 is 0 Å². The van der Waals surface area contributed by atoms with Gasteiger partial charge in [-0.3, -0.25) is 4.79 Å². The molecule has 5 rings (SSSR count). The summed E-state index contributed by atoms with van der Waals surface area (Å²) in [4.78, 5) is 27.9. The molecule has 0 bridgehead atoms. The number of fused-ring (bicyclic) bond motifs is 2. The van der Waals surface area contributed by atoms with Gasteiger partial charge in [0.2, 0.25) is 0 Å². The maximum absolute atomic E-state index is 13.0. The molecule has 6 heteroatoms. The number of carbonyl (C=O) groups excluding carboxylic acids is 1. The molecule has 0 aliphatic heterocycles. The zero-order valence-corrected chi connectivity index (χ0v) is 14.2. The first-order valence-corrected chi connectivity index (χ1v) is 8.55. The second-order valence-electron chi connectivity index (χ2n) is 6.25. The average Bonchev–Trinajstić information content (AvgIpc) is 3.35. The van der Waals surface area contributed by atoms with Crippen molar-refractivity contribution in [1.29, 1.82) is 0 Å². The number of benzene rings is 2. The Balaban J connectivity index is 1.60. The van der Waals surface area contributed by atoms with E-state index in [0.717, 1.165) is 16.6 Å².